The van der Waals surface area contributed by atoms with Gasteiger partial charge in [-0.3, -0.25) is 9.80 Å². The summed E-state index contributed by atoms with van der Waals surface area (Å²) >= 11 is 0. The highest BCUT2D eigenvalue weighted by Crippen LogP contribution is 2.35. The van der Waals surface area contributed by atoms with E-state index in [1.54, 1.807) is 4.90 Å². The van der Waals surface area contributed by atoms with Crippen LogP contribution in [0.2, 0.25) is 0 Å². The van der Waals surface area contributed by atoms with Crippen molar-refractivity contribution in [3.8, 4) is 0 Å². The zero-order chi connectivity index (χ0) is 15.0. The van der Waals surface area contributed by atoms with Crippen LogP contribution >= 0.6 is 0 Å². The van der Waals surface area contributed by atoms with E-state index in [1.165, 1.54) is 5.56 Å². The van der Waals surface area contributed by atoms with Gasteiger partial charge in [0.05, 0.1) is 0 Å². The summed E-state index contributed by atoms with van der Waals surface area (Å²) in [6.45, 7) is 3.36. The summed E-state index contributed by atoms with van der Waals surface area (Å²) < 4.78 is 0. The molecule has 2 aliphatic heterocycles. The molecule has 2 fully saturated rings. The highest BCUT2D eigenvalue weighted by atomic mass is 16.2. The minimum Gasteiger partial charge on any atom is -0.330 e. The van der Waals surface area contributed by atoms with Crippen molar-refractivity contribution < 1.29 is 4.79 Å². The van der Waals surface area contributed by atoms with E-state index in [0.29, 0.717) is 12.0 Å². The zero-order valence-corrected chi connectivity index (χ0v) is 12.8. The van der Waals surface area contributed by atoms with E-state index in [4.69, 9.17) is 5.73 Å². The Hall–Kier alpha value is -1.59. The van der Waals surface area contributed by atoms with Gasteiger partial charge in [0.1, 0.15) is 0 Å². The number of hydrogen-bond donors (Lipinski definition) is 1. The van der Waals surface area contributed by atoms with E-state index in [2.05, 4.69) is 30.1 Å². The minimum atomic E-state index is 0.0896. The lowest BCUT2D eigenvalue weighted by Crippen LogP contribution is -2.29. The molecule has 0 radical (unpaired) electrons. The average Bonchev–Trinajstić information content (AvgIpc) is 3.03. The molecule has 0 spiro atoms. The Kier molecular flexibility index (Phi) is 3.87. The van der Waals surface area contributed by atoms with Crippen molar-refractivity contribution in [2.45, 2.75) is 12.5 Å². The third kappa shape index (κ3) is 2.63. The summed E-state index contributed by atoms with van der Waals surface area (Å²) in [6.07, 6.45) is 1.10. The summed E-state index contributed by atoms with van der Waals surface area (Å²) in [7, 11) is 4.00. The molecule has 0 bridgehead atoms. The normalized spacial score (nSPS) is 26.9. The molecule has 2 atom stereocenters. The number of urea groups is 1. The van der Waals surface area contributed by atoms with E-state index in [9.17, 15) is 4.79 Å². The van der Waals surface area contributed by atoms with Crippen LogP contribution in [0.25, 0.3) is 0 Å². The molecule has 114 valence electrons. The first kappa shape index (κ1) is 14.4. The number of carbonyl (C=O) groups excluding carboxylic acids is 1. The number of amides is 2. The fourth-order valence-corrected chi connectivity index (χ4v) is 3.45. The molecule has 0 aromatic heterocycles. The van der Waals surface area contributed by atoms with E-state index >= 15 is 0 Å². The summed E-state index contributed by atoms with van der Waals surface area (Å²) in [5.74, 6) is 0.572. The lowest BCUT2D eigenvalue weighted by atomic mass is 9.99. The number of likely N-dealkylation sites (tertiary alicyclic amines) is 1. The Balaban J connectivity index is 1.82. The molecule has 2 N–H and O–H groups in total. The van der Waals surface area contributed by atoms with Gasteiger partial charge in [-0.1, -0.05) is 12.1 Å². The van der Waals surface area contributed by atoms with Crippen molar-refractivity contribution in [2.75, 3.05) is 45.2 Å². The second kappa shape index (κ2) is 5.66. The quantitative estimate of drug-likeness (QED) is 0.917. The summed E-state index contributed by atoms with van der Waals surface area (Å²) in [5, 5.41) is 0. The minimum absolute atomic E-state index is 0.0896. The van der Waals surface area contributed by atoms with Gasteiger partial charge in [0.15, 0.2) is 0 Å². The largest absolute Gasteiger partial charge is 0.330 e. The molecule has 2 unspecified atom stereocenters. The average molecular weight is 288 g/mol. The SMILES string of the molecule is CN1CCN(c2cccc(C3CC(CN)CN3C)c2)C1=O. The van der Waals surface area contributed by atoms with Crippen molar-refractivity contribution >= 4 is 11.7 Å². The molecule has 5 nitrogen and oxygen atoms in total. The van der Waals surface area contributed by atoms with Crippen LogP contribution in [-0.2, 0) is 0 Å². The van der Waals surface area contributed by atoms with Gasteiger partial charge in [-0.2, -0.15) is 0 Å². The molecule has 1 aromatic rings. The number of nitrogens with two attached hydrogens (primary N) is 1. The smallest absolute Gasteiger partial charge is 0.324 e. The molecule has 21 heavy (non-hydrogen) atoms. The predicted octanol–water partition coefficient (Wildman–Crippen LogP) is 1.51. The maximum absolute atomic E-state index is 12.1. The second-order valence-corrected chi connectivity index (χ2v) is 6.24. The van der Waals surface area contributed by atoms with Gasteiger partial charge >= 0.3 is 6.03 Å². The molecule has 2 amide bonds. The number of carbonyl (C=O) groups is 1. The number of rotatable bonds is 3. The van der Waals surface area contributed by atoms with Gasteiger partial charge in [-0.05, 0) is 43.6 Å². The van der Waals surface area contributed by atoms with E-state index in [-0.39, 0.29) is 6.03 Å². The number of benzene rings is 1. The van der Waals surface area contributed by atoms with Gasteiger partial charge in [-0.25, -0.2) is 4.79 Å². The first-order valence-electron chi connectivity index (χ1n) is 7.63. The summed E-state index contributed by atoms with van der Waals surface area (Å²) in [5.41, 5.74) is 8.11. The molecule has 3 rings (SSSR count). The molecule has 2 aliphatic rings. The van der Waals surface area contributed by atoms with Gasteiger partial charge < -0.3 is 10.6 Å². The van der Waals surface area contributed by atoms with Crippen molar-refractivity contribution in [3.63, 3.8) is 0 Å². The number of likely N-dealkylation sites (N-methyl/N-ethyl adjacent to an activating group) is 1. The van der Waals surface area contributed by atoms with Crippen molar-refractivity contribution in [1.82, 2.24) is 9.80 Å². The number of nitrogens with zero attached hydrogens (tertiary/aromatic N) is 3. The third-order valence-electron chi connectivity index (χ3n) is 4.75. The lowest BCUT2D eigenvalue weighted by molar-refractivity contribution is 0.229. The molecule has 2 saturated heterocycles. The van der Waals surface area contributed by atoms with Crippen LogP contribution in [0.5, 0.6) is 0 Å². The van der Waals surface area contributed by atoms with Crippen molar-refractivity contribution in [2.24, 2.45) is 11.7 Å². The molecule has 5 heteroatoms. The highest BCUT2D eigenvalue weighted by Gasteiger charge is 2.31. The van der Waals surface area contributed by atoms with Crippen molar-refractivity contribution in [3.05, 3.63) is 29.8 Å². The summed E-state index contributed by atoms with van der Waals surface area (Å²) in [4.78, 5) is 18.1. The highest BCUT2D eigenvalue weighted by molar-refractivity contribution is 5.94. The topological polar surface area (TPSA) is 52.8 Å². The Morgan fingerprint density at radius 2 is 2.10 bits per heavy atom. The van der Waals surface area contributed by atoms with Gasteiger partial charge in [0.25, 0.3) is 0 Å². The van der Waals surface area contributed by atoms with Crippen molar-refractivity contribution in [1.29, 1.82) is 0 Å². The van der Waals surface area contributed by atoms with Crippen LogP contribution in [0.3, 0.4) is 0 Å². The summed E-state index contributed by atoms with van der Waals surface area (Å²) in [6, 6.07) is 8.90. The van der Waals surface area contributed by atoms with E-state index < -0.39 is 0 Å². The molecule has 2 heterocycles. The fraction of sp³-hybridized carbons (Fsp3) is 0.562. The molecule has 0 saturated carbocycles. The van der Waals surface area contributed by atoms with Crippen LogP contribution in [-0.4, -0.2) is 56.1 Å². The molecule has 0 aliphatic carbocycles. The lowest BCUT2D eigenvalue weighted by Gasteiger charge is -2.22. The van der Waals surface area contributed by atoms with Crippen LogP contribution in [0.15, 0.2) is 24.3 Å². The number of hydrogen-bond acceptors (Lipinski definition) is 3. The molecular weight excluding hydrogens is 264 g/mol. The first-order valence-corrected chi connectivity index (χ1v) is 7.63. The first-order chi connectivity index (χ1) is 10.1. The Bertz CT molecular complexity index is 533. The molecule has 1 aromatic carbocycles. The third-order valence-corrected chi connectivity index (χ3v) is 4.75. The number of anilines is 1. The second-order valence-electron chi connectivity index (χ2n) is 6.24. The Morgan fingerprint density at radius 3 is 2.71 bits per heavy atom. The van der Waals surface area contributed by atoms with Crippen LogP contribution in [0.1, 0.15) is 18.0 Å². The van der Waals surface area contributed by atoms with Gasteiger partial charge in [0, 0.05) is 38.4 Å². The Morgan fingerprint density at radius 1 is 1.29 bits per heavy atom. The molecular formula is C16H24N4O. The predicted molar refractivity (Wildman–Crippen MR) is 84.3 cm³/mol. The van der Waals surface area contributed by atoms with E-state index in [0.717, 1.165) is 38.3 Å². The van der Waals surface area contributed by atoms with Crippen LogP contribution in [0.4, 0.5) is 10.5 Å². The van der Waals surface area contributed by atoms with Gasteiger partial charge in [-0.15, -0.1) is 0 Å². The van der Waals surface area contributed by atoms with Gasteiger partial charge in [0.2, 0.25) is 0 Å². The monoisotopic (exact) mass is 288 g/mol. The zero-order valence-electron chi connectivity index (χ0n) is 12.8. The van der Waals surface area contributed by atoms with E-state index in [1.807, 2.05) is 18.0 Å². The standard InChI is InChI=1S/C16H24N4O/c1-18-6-7-20(16(18)21)14-5-3-4-13(9-14)15-8-12(10-17)11-19(15)2/h3-5,9,12,15H,6-8,10-11,17H2,1-2H3. The Labute approximate surface area is 126 Å². The maximum Gasteiger partial charge on any atom is 0.324 e. The van der Waals surface area contributed by atoms with Crippen LogP contribution in [0, 0.1) is 5.92 Å². The fourth-order valence-electron chi connectivity index (χ4n) is 3.45. The van der Waals surface area contributed by atoms with Crippen LogP contribution < -0.4 is 10.6 Å². The maximum atomic E-state index is 12.1.